The largest absolute Gasteiger partial charge is 0.328 e. The molecule has 0 N–H and O–H groups in total. The van der Waals surface area contributed by atoms with E-state index >= 15 is 0 Å². The Labute approximate surface area is 111 Å². The van der Waals surface area contributed by atoms with Crippen molar-refractivity contribution in [1.29, 1.82) is 0 Å². The first-order chi connectivity index (χ1) is 9.24. The third-order valence-corrected chi connectivity index (χ3v) is 3.83. The van der Waals surface area contributed by atoms with Crippen molar-refractivity contribution >= 4 is 21.8 Å². The van der Waals surface area contributed by atoms with E-state index < -0.39 is 0 Å². The fourth-order valence-electron chi connectivity index (χ4n) is 2.84. The van der Waals surface area contributed by atoms with E-state index in [4.69, 9.17) is 4.98 Å². The van der Waals surface area contributed by atoms with Crippen LogP contribution in [0.3, 0.4) is 0 Å². The van der Waals surface area contributed by atoms with Crippen molar-refractivity contribution in [1.82, 2.24) is 9.55 Å². The highest BCUT2D eigenvalue weighted by Crippen LogP contribution is 2.34. The second kappa shape index (κ2) is 3.58. The molecule has 2 heteroatoms. The van der Waals surface area contributed by atoms with Crippen LogP contribution >= 0.6 is 0 Å². The third kappa shape index (κ3) is 1.40. The smallest absolute Gasteiger partial charge is 0.141 e. The van der Waals surface area contributed by atoms with Crippen molar-refractivity contribution in [3.05, 3.63) is 54.1 Å². The predicted molar refractivity (Wildman–Crippen MR) is 79.6 cm³/mol. The van der Waals surface area contributed by atoms with Crippen molar-refractivity contribution in [3.8, 4) is 11.4 Å². The summed E-state index contributed by atoms with van der Waals surface area (Å²) in [7, 11) is 2.09. The number of hydrogen-bond donors (Lipinski definition) is 0. The van der Waals surface area contributed by atoms with Crippen molar-refractivity contribution in [2.45, 2.75) is 6.92 Å². The monoisotopic (exact) mass is 246 g/mol. The van der Waals surface area contributed by atoms with Crippen LogP contribution in [0.5, 0.6) is 0 Å². The molecule has 2 aliphatic heterocycles. The minimum absolute atomic E-state index is 1.05. The van der Waals surface area contributed by atoms with E-state index in [1.165, 1.54) is 27.4 Å². The maximum absolute atomic E-state index is 4.79. The zero-order chi connectivity index (χ0) is 13.0. The molecule has 0 saturated heterocycles. The molecule has 0 saturated carbocycles. The number of nitrogens with zero attached hydrogens (tertiary/aromatic N) is 2. The van der Waals surface area contributed by atoms with Gasteiger partial charge in [0.2, 0.25) is 0 Å². The van der Waals surface area contributed by atoms with Crippen LogP contribution in [0.2, 0.25) is 0 Å². The average Bonchev–Trinajstić information content (AvgIpc) is 2.77. The van der Waals surface area contributed by atoms with Crippen LogP contribution in [0.4, 0.5) is 0 Å². The summed E-state index contributed by atoms with van der Waals surface area (Å²) >= 11 is 0. The predicted octanol–water partition coefficient (Wildman–Crippen LogP) is 4.14. The number of para-hydroxylation sites is 1. The summed E-state index contributed by atoms with van der Waals surface area (Å²) in [5.74, 6) is 1.05. The molecule has 0 unspecified atom stereocenters. The molecule has 0 spiro atoms. The summed E-state index contributed by atoms with van der Waals surface area (Å²) in [6.45, 7) is 2.11. The lowest BCUT2D eigenvalue weighted by molar-refractivity contribution is 0.939. The van der Waals surface area contributed by atoms with E-state index in [1.807, 2.05) is 0 Å². The number of aromatic nitrogens is 2. The number of rotatable bonds is 0. The maximum Gasteiger partial charge on any atom is 0.141 e. The van der Waals surface area contributed by atoms with Crippen LogP contribution in [0.25, 0.3) is 33.2 Å². The SMILES string of the molecule is Cc1ccc2c3cc4ccccc4n(C)c-3nc2c1. The van der Waals surface area contributed by atoms with Crippen LogP contribution in [0.1, 0.15) is 5.56 Å². The van der Waals surface area contributed by atoms with Gasteiger partial charge in [0.15, 0.2) is 0 Å². The van der Waals surface area contributed by atoms with Gasteiger partial charge in [0.25, 0.3) is 0 Å². The number of aryl methyl sites for hydroxylation is 2. The molecular weight excluding hydrogens is 232 g/mol. The number of pyridine rings is 1. The Morgan fingerprint density at radius 1 is 1.00 bits per heavy atom. The van der Waals surface area contributed by atoms with Gasteiger partial charge in [-0.2, -0.15) is 0 Å². The second-order valence-electron chi connectivity index (χ2n) is 5.13. The van der Waals surface area contributed by atoms with Crippen molar-refractivity contribution in [3.63, 3.8) is 0 Å². The summed E-state index contributed by atoms with van der Waals surface area (Å²) in [6.07, 6.45) is 0. The van der Waals surface area contributed by atoms with Crippen LogP contribution in [-0.4, -0.2) is 9.55 Å². The quantitative estimate of drug-likeness (QED) is 0.456. The molecule has 0 amide bonds. The minimum atomic E-state index is 1.05. The van der Waals surface area contributed by atoms with E-state index in [0.29, 0.717) is 0 Å². The van der Waals surface area contributed by atoms with Crippen molar-refractivity contribution in [2.75, 3.05) is 0 Å². The minimum Gasteiger partial charge on any atom is -0.328 e. The highest BCUT2D eigenvalue weighted by molar-refractivity contribution is 6.01. The molecular formula is C17H14N2. The Balaban J connectivity index is 2.25. The molecule has 0 fully saturated rings. The summed E-state index contributed by atoms with van der Waals surface area (Å²) in [5, 5.41) is 2.49. The van der Waals surface area contributed by atoms with E-state index in [1.54, 1.807) is 0 Å². The Hall–Kier alpha value is -2.35. The highest BCUT2D eigenvalue weighted by Gasteiger charge is 2.15. The van der Waals surface area contributed by atoms with Gasteiger partial charge >= 0.3 is 0 Å². The average molecular weight is 246 g/mol. The molecule has 2 aliphatic rings. The molecule has 92 valence electrons. The molecule has 2 nitrogen and oxygen atoms in total. The molecule has 0 radical (unpaired) electrons. The Kier molecular flexibility index (Phi) is 1.99. The number of fused-ring (bicyclic) bond motifs is 4. The van der Waals surface area contributed by atoms with Crippen LogP contribution in [-0.2, 0) is 7.05 Å². The summed E-state index contributed by atoms with van der Waals surface area (Å²) in [4.78, 5) is 4.79. The van der Waals surface area contributed by atoms with Gasteiger partial charge in [-0.25, -0.2) is 4.98 Å². The van der Waals surface area contributed by atoms with Crippen molar-refractivity contribution < 1.29 is 0 Å². The van der Waals surface area contributed by atoms with E-state index in [0.717, 1.165) is 11.3 Å². The normalized spacial score (nSPS) is 11.7. The fourth-order valence-corrected chi connectivity index (χ4v) is 2.84. The topological polar surface area (TPSA) is 17.8 Å². The Morgan fingerprint density at radius 3 is 2.74 bits per heavy atom. The molecule has 0 aromatic heterocycles. The van der Waals surface area contributed by atoms with Crippen LogP contribution < -0.4 is 0 Å². The molecule has 2 aromatic carbocycles. The molecule has 2 heterocycles. The summed E-state index contributed by atoms with van der Waals surface area (Å²) in [6, 6.07) is 17.2. The first-order valence-electron chi connectivity index (χ1n) is 6.48. The first-order valence-corrected chi connectivity index (χ1v) is 6.48. The first kappa shape index (κ1) is 10.6. The van der Waals surface area contributed by atoms with Gasteiger partial charge in [-0.3, -0.25) is 0 Å². The standard InChI is InChI=1S/C17H14N2/c1-11-7-8-13-14-10-12-5-3-4-6-16(12)19(2)17(14)18-15(13)9-11/h3-10H,1-2H3. The lowest BCUT2D eigenvalue weighted by Gasteiger charge is -2.10. The van der Waals surface area contributed by atoms with Crippen LogP contribution in [0.15, 0.2) is 48.5 Å². The zero-order valence-electron chi connectivity index (χ0n) is 11.0. The lowest BCUT2D eigenvalue weighted by Crippen LogP contribution is -1.98. The highest BCUT2D eigenvalue weighted by atomic mass is 15.0. The second-order valence-corrected chi connectivity index (χ2v) is 5.13. The van der Waals surface area contributed by atoms with Gasteiger partial charge in [-0.1, -0.05) is 30.3 Å². The van der Waals surface area contributed by atoms with Gasteiger partial charge in [-0.05, 0) is 36.1 Å². The molecule has 0 atom stereocenters. The van der Waals surface area contributed by atoms with E-state index in [-0.39, 0.29) is 0 Å². The van der Waals surface area contributed by atoms with Gasteiger partial charge < -0.3 is 4.57 Å². The number of hydrogen-bond acceptors (Lipinski definition) is 1. The fraction of sp³-hybridized carbons (Fsp3) is 0.118. The Bertz CT molecular complexity index is 887. The van der Waals surface area contributed by atoms with Crippen molar-refractivity contribution in [2.24, 2.45) is 7.05 Å². The molecule has 0 bridgehead atoms. The molecule has 4 rings (SSSR count). The van der Waals surface area contributed by atoms with Gasteiger partial charge in [0, 0.05) is 23.5 Å². The molecule has 0 aliphatic carbocycles. The third-order valence-electron chi connectivity index (χ3n) is 3.83. The van der Waals surface area contributed by atoms with Gasteiger partial charge in [0.1, 0.15) is 5.82 Å². The van der Waals surface area contributed by atoms with Crippen LogP contribution in [0, 0.1) is 6.92 Å². The van der Waals surface area contributed by atoms with E-state index in [9.17, 15) is 0 Å². The Morgan fingerprint density at radius 2 is 1.84 bits per heavy atom. The lowest BCUT2D eigenvalue weighted by atomic mass is 10.1. The van der Waals surface area contributed by atoms with Gasteiger partial charge in [-0.15, -0.1) is 0 Å². The van der Waals surface area contributed by atoms with E-state index in [2.05, 4.69) is 67.1 Å². The zero-order valence-corrected chi connectivity index (χ0v) is 11.0. The summed E-state index contributed by atoms with van der Waals surface area (Å²) in [5.41, 5.74) is 4.79. The maximum atomic E-state index is 4.79. The van der Waals surface area contributed by atoms with Gasteiger partial charge in [0.05, 0.1) is 5.52 Å². The molecule has 2 aromatic rings. The molecule has 19 heavy (non-hydrogen) atoms. The summed E-state index contributed by atoms with van der Waals surface area (Å²) < 4.78 is 2.18. The number of benzene rings is 2.